The highest BCUT2D eigenvalue weighted by Gasteiger charge is 2.56. The average Bonchev–Trinajstić information content (AvgIpc) is 3.53. The molecule has 2 fully saturated rings. The molecule has 2 aliphatic rings. The van der Waals surface area contributed by atoms with Crippen LogP contribution in [0.25, 0.3) is 0 Å². The molecule has 10 nitrogen and oxygen atoms in total. The largest absolute Gasteiger partial charge is 0.495 e. The van der Waals surface area contributed by atoms with Crippen LogP contribution in [0.2, 0.25) is 5.02 Å². The maximum Gasteiger partial charge on any atom is 0.409 e. The molecule has 5 unspecified atom stereocenters. The Morgan fingerprint density at radius 2 is 2.02 bits per heavy atom. The molecule has 2 saturated heterocycles. The summed E-state index contributed by atoms with van der Waals surface area (Å²) in [5.41, 5.74) is 0.371. The van der Waals surface area contributed by atoms with E-state index in [-0.39, 0.29) is 43.0 Å². The number of hydrogen-bond donors (Lipinski definition) is 3. The molecule has 2 heterocycles. The lowest BCUT2D eigenvalue weighted by Crippen LogP contribution is -2.63. The van der Waals surface area contributed by atoms with Crippen LogP contribution in [0.15, 0.2) is 35.9 Å². The third-order valence-corrected chi connectivity index (χ3v) is 7.83. The number of benzene rings is 1. The van der Waals surface area contributed by atoms with Gasteiger partial charge in [0.25, 0.3) is 0 Å². The third kappa shape index (κ3) is 7.36. The lowest BCUT2D eigenvalue weighted by Gasteiger charge is -2.42. The number of rotatable bonds is 12. The van der Waals surface area contributed by atoms with Crippen molar-refractivity contribution in [2.45, 2.75) is 76.6 Å². The van der Waals surface area contributed by atoms with Crippen molar-refractivity contribution in [3.8, 4) is 5.75 Å². The summed E-state index contributed by atoms with van der Waals surface area (Å²) in [4.78, 5) is 26.1. The van der Waals surface area contributed by atoms with Gasteiger partial charge < -0.3 is 34.1 Å². The Bertz CT molecular complexity index is 1150. The van der Waals surface area contributed by atoms with Gasteiger partial charge in [-0.15, -0.1) is 0 Å². The van der Waals surface area contributed by atoms with E-state index < -0.39 is 24.0 Å². The summed E-state index contributed by atoms with van der Waals surface area (Å²) in [5, 5.41) is 23.3. The van der Waals surface area contributed by atoms with Crippen molar-refractivity contribution >= 4 is 29.3 Å². The summed E-state index contributed by atoms with van der Waals surface area (Å²) >= 11 is 6.46. The van der Waals surface area contributed by atoms with E-state index in [1.54, 1.807) is 19.2 Å². The predicted octanol–water partition coefficient (Wildman–Crippen LogP) is 3.75. The highest BCUT2D eigenvalue weighted by Crippen LogP contribution is 2.44. The number of amides is 2. The van der Waals surface area contributed by atoms with Crippen molar-refractivity contribution in [3.63, 3.8) is 0 Å². The quantitative estimate of drug-likeness (QED) is 0.252. The molecule has 0 saturated carbocycles. The number of nitrogens with zero attached hydrogens (tertiary/aromatic N) is 1. The molecule has 0 radical (unpaired) electrons. The first kappa shape index (κ1) is 31.9. The van der Waals surface area contributed by atoms with Gasteiger partial charge in [0.2, 0.25) is 5.91 Å². The zero-order valence-electron chi connectivity index (χ0n) is 24.2. The van der Waals surface area contributed by atoms with Crippen LogP contribution in [-0.2, 0) is 25.4 Å². The van der Waals surface area contributed by atoms with E-state index in [2.05, 4.69) is 5.32 Å². The van der Waals surface area contributed by atoms with Crippen molar-refractivity contribution in [1.82, 2.24) is 5.32 Å². The SMILES string of the molecule is COc1cc(C/C(C)=C/C=C/C(OC)C2(O)CC(C(C)C3OC3(C)C)OC(=O)N2)cc(N(C)C(=O)CCO)c1Cl. The third-order valence-electron chi connectivity index (χ3n) is 7.45. The van der Waals surface area contributed by atoms with E-state index in [0.29, 0.717) is 22.9 Å². The van der Waals surface area contributed by atoms with Crippen LogP contribution in [0.5, 0.6) is 5.75 Å². The summed E-state index contributed by atoms with van der Waals surface area (Å²) in [6.07, 6.45) is 3.82. The molecule has 0 aromatic heterocycles. The number of carbonyl (C=O) groups is 2. The molecule has 0 spiro atoms. The molecule has 1 aromatic rings. The van der Waals surface area contributed by atoms with Gasteiger partial charge in [-0.3, -0.25) is 10.1 Å². The Labute approximate surface area is 240 Å². The number of methoxy groups -OCH3 is 2. The minimum absolute atomic E-state index is 0.0192. The van der Waals surface area contributed by atoms with Crippen molar-refractivity contribution in [2.75, 3.05) is 32.8 Å². The van der Waals surface area contributed by atoms with E-state index in [1.165, 1.54) is 19.1 Å². The topological polar surface area (TPSA) is 130 Å². The standard InChI is InChI=1S/C29H41ClN2O8/c1-17(13-19-14-20(25(30)21(15-19)37-6)32(5)24(34)11-12-33)9-8-10-23(38-7)29(36)16-22(39-27(35)31-29)18(2)26-28(3,4)40-26/h8-10,14-15,18,22-23,26,33,36H,11-13,16H2,1-7H3,(H,31,35)/b10-8+,17-9+. The monoisotopic (exact) mass is 580 g/mol. The fourth-order valence-corrected chi connectivity index (χ4v) is 5.43. The zero-order chi connectivity index (χ0) is 29.8. The maximum absolute atomic E-state index is 12.4. The van der Waals surface area contributed by atoms with Crippen LogP contribution < -0.4 is 15.0 Å². The minimum Gasteiger partial charge on any atom is -0.495 e. The molecule has 40 heavy (non-hydrogen) atoms. The molecule has 0 aliphatic carbocycles. The predicted molar refractivity (Wildman–Crippen MR) is 152 cm³/mol. The Morgan fingerprint density at radius 1 is 1.35 bits per heavy atom. The Balaban J connectivity index is 1.74. The minimum atomic E-state index is -1.66. The number of aliphatic hydroxyl groups is 2. The van der Waals surface area contributed by atoms with E-state index in [4.69, 9.17) is 35.7 Å². The molecule has 0 bridgehead atoms. The second kappa shape index (κ2) is 12.9. The van der Waals surface area contributed by atoms with E-state index in [9.17, 15) is 14.7 Å². The van der Waals surface area contributed by atoms with Crippen molar-refractivity contribution < 1.29 is 38.7 Å². The van der Waals surface area contributed by atoms with Crippen LogP contribution >= 0.6 is 11.6 Å². The van der Waals surface area contributed by atoms with Crippen LogP contribution in [-0.4, -0.2) is 79.7 Å². The number of halogens is 1. The number of carbonyl (C=O) groups excluding carboxylic acids is 2. The number of alkyl carbamates (subject to hydrolysis) is 1. The normalized spacial score (nSPS) is 25.6. The van der Waals surface area contributed by atoms with Gasteiger partial charge in [0.05, 0.1) is 37.5 Å². The highest BCUT2D eigenvalue weighted by molar-refractivity contribution is 6.35. The number of epoxide rings is 1. The van der Waals surface area contributed by atoms with Gasteiger partial charge in [0, 0.05) is 26.5 Å². The summed E-state index contributed by atoms with van der Waals surface area (Å²) in [7, 11) is 4.57. The van der Waals surface area contributed by atoms with Gasteiger partial charge in [0.1, 0.15) is 23.0 Å². The molecule has 1 aromatic carbocycles. The lowest BCUT2D eigenvalue weighted by molar-refractivity contribution is -0.142. The highest BCUT2D eigenvalue weighted by atomic mass is 35.5. The zero-order valence-corrected chi connectivity index (χ0v) is 24.9. The molecule has 2 amide bonds. The second-order valence-electron chi connectivity index (χ2n) is 11.0. The number of hydrogen-bond acceptors (Lipinski definition) is 8. The molecule has 2 aliphatic heterocycles. The van der Waals surface area contributed by atoms with Crippen molar-refractivity contribution in [3.05, 3.63) is 46.5 Å². The summed E-state index contributed by atoms with van der Waals surface area (Å²) < 4.78 is 22.2. The number of allylic oxidation sites excluding steroid dienone is 3. The molecule has 11 heteroatoms. The first-order chi connectivity index (χ1) is 18.8. The van der Waals surface area contributed by atoms with Crippen molar-refractivity contribution in [1.29, 1.82) is 0 Å². The lowest BCUT2D eigenvalue weighted by atomic mass is 9.86. The molecule has 222 valence electrons. The van der Waals surface area contributed by atoms with Gasteiger partial charge in [-0.2, -0.15) is 0 Å². The molecule has 3 rings (SSSR count). The first-order valence-corrected chi connectivity index (χ1v) is 13.6. The Hall–Kier alpha value is -2.63. The molecular formula is C29H41ClN2O8. The number of ether oxygens (including phenoxy) is 4. The number of nitrogens with one attached hydrogen (secondary N) is 1. The molecule has 5 atom stereocenters. The van der Waals surface area contributed by atoms with Crippen LogP contribution in [0.4, 0.5) is 10.5 Å². The fourth-order valence-electron chi connectivity index (χ4n) is 5.12. The average molecular weight is 581 g/mol. The van der Waals surface area contributed by atoms with E-state index in [0.717, 1.165) is 11.1 Å². The Kier molecular flexibility index (Phi) is 10.3. The second-order valence-corrected chi connectivity index (χ2v) is 11.4. The fraction of sp³-hybridized carbons (Fsp3) is 0.586. The Morgan fingerprint density at radius 3 is 2.60 bits per heavy atom. The summed E-state index contributed by atoms with van der Waals surface area (Å²) in [6.45, 7) is 7.59. The van der Waals surface area contributed by atoms with Gasteiger partial charge >= 0.3 is 6.09 Å². The number of aliphatic hydroxyl groups excluding tert-OH is 1. The molecular weight excluding hydrogens is 540 g/mol. The van der Waals surface area contributed by atoms with Gasteiger partial charge in [-0.05, 0) is 44.9 Å². The van der Waals surface area contributed by atoms with Crippen LogP contribution in [0, 0.1) is 5.92 Å². The summed E-state index contributed by atoms with van der Waals surface area (Å²) in [6, 6.07) is 3.62. The van der Waals surface area contributed by atoms with Gasteiger partial charge in [-0.1, -0.05) is 42.3 Å². The maximum atomic E-state index is 12.4. The number of anilines is 1. The van der Waals surface area contributed by atoms with E-state index in [1.807, 2.05) is 45.9 Å². The van der Waals surface area contributed by atoms with Gasteiger partial charge in [0.15, 0.2) is 5.72 Å². The first-order valence-electron chi connectivity index (χ1n) is 13.3. The van der Waals surface area contributed by atoms with E-state index >= 15 is 0 Å². The van der Waals surface area contributed by atoms with Crippen LogP contribution in [0.1, 0.15) is 46.1 Å². The van der Waals surface area contributed by atoms with Crippen LogP contribution in [0.3, 0.4) is 0 Å². The van der Waals surface area contributed by atoms with Gasteiger partial charge in [-0.25, -0.2) is 4.79 Å². The number of cyclic esters (lactones) is 1. The van der Waals surface area contributed by atoms with Crippen molar-refractivity contribution in [2.24, 2.45) is 5.92 Å². The summed E-state index contributed by atoms with van der Waals surface area (Å²) in [5.74, 6) is 0.0600. The molecule has 3 N–H and O–H groups in total. The smallest absolute Gasteiger partial charge is 0.409 e.